The van der Waals surface area contributed by atoms with Gasteiger partial charge in [-0.15, -0.1) is 0 Å². The Bertz CT molecular complexity index is 1590. The maximum atomic E-state index is 6.40. The molecule has 0 amide bonds. The SMILES string of the molecule is COc1ccc(N2N=C(c3ccccc3)CC2c2ccc(OCc3ccccc3)c(OCc3ccccc3)c2)cc1. The summed E-state index contributed by atoms with van der Waals surface area (Å²) < 4.78 is 18.1. The number of anilines is 1. The van der Waals surface area contributed by atoms with E-state index in [0.717, 1.165) is 45.8 Å². The lowest BCUT2D eigenvalue weighted by molar-refractivity contribution is 0.255. The van der Waals surface area contributed by atoms with Gasteiger partial charge in [0.15, 0.2) is 11.5 Å². The lowest BCUT2D eigenvalue weighted by Crippen LogP contribution is -2.18. The Morgan fingerprint density at radius 1 is 0.659 bits per heavy atom. The molecule has 204 valence electrons. The zero-order chi connectivity index (χ0) is 27.9. The van der Waals surface area contributed by atoms with E-state index in [1.165, 1.54) is 0 Å². The summed E-state index contributed by atoms with van der Waals surface area (Å²) in [7, 11) is 1.68. The van der Waals surface area contributed by atoms with Gasteiger partial charge in [0.2, 0.25) is 0 Å². The first kappa shape index (κ1) is 26.2. The van der Waals surface area contributed by atoms with E-state index < -0.39 is 0 Å². The Labute approximate surface area is 241 Å². The Hall–Kier alpha value is -5.03. The van der Waals surface area contributed by atoms with Gasteiger partial charge in [-0.05, 0) is 58.7 Å². The highest BCUT2D eigenvalue weighted by Crippen LogP contribution is 2.40. The highest BCUT2D eigenvalue weighted by Gasteiger charge is 2.30. The summed E-state index contributed by atoms with van der Waals surface area (Å²) in [5.74, 6) is 2.24. The standard InChI is InChI=1S/C36H32N2O3/c1-39-32-20-18-31(19-21-32)38-34(24-33(37-38)29-15-9-4-10-16-29)30-17-22-35(40-25-27-11-5-2-6-12-27)36(23-30)41-26-28-13-7-3-8-14-28/h2-23,34H,24-26H2,1H3. The van der Waals surface area contributed by atoms with Gasteiger partial charge in [0.25, 0.3) is 0 Å². The Kier molecular flexibility index (Phi) is 7.95. The second-order valence-electron chi connectivity index (χ2n) is 9.93. The molecule has 0 spiro atoms. The van der Waals surface area contributed by atoms with Gasteiger partial charge in [-0.2, -0.15) is 5.10 Å². The van der Waals surface area contributed by atoms with E-state index in [1.807, 2.05) is 72.8 Å². The maximum Gasteiger partial charge on any atom is 0.162 e. The third-order valence-electron chi connectivity index (χ3n) is 7.18. The minimum atomic E-state index is -0.0131. The van der Waals surface area contributed by atoms with Crippen LogP contribution < -0.4 is 19.2 Å². The second kappa shape index (κ2) is 12.4. The molecule has 0 aliphatic carbocycles. The van der Waals surface area contributed by atoms with Gasteiger partial charge in [0.1, 0.15) is 19.0 Å². The van der Waals surface area contributed by atoms with Gasteiger partial charge in [-0.25, -0.2) is 0 Å². The molecular formula is C36H32N2O3. The van der Waals surface area contributed by atoms with Crippen molar-refractivity contribution >= 4 is 11.4 Å². The average Bonchev–Trinajstić information content (AvgIpc) is 3.50. The summed E-state index contributed by atoms with van der Waals surface area (Å²) in [5, 5.41) is 7.20. The zero-order valence-corrected chi connectivity index (χ0v) is 23.0. The summed E-state index contributed by atoms with van der Waals surface area (Å²) in [6.45, 7) is 0.912. The van der Waals surface area contributed by atoms with Crippen molar-refractivity contribution in [1.29, 1.82) is 0 Å². The first-order valence-electron chi connectivity index (χ1n) is 13.8. The van der Waals surface area contributed by atoms with Crippen molar-refractivity contribution in [3.63, 3.8) is 0 Å². The molecule has 5 heteroatoms. The quantitative estimate of drug-likeness (QED) is 0.179. The summed E-state index contributed by atoms with van der Waals surface area (Å²) in [6.07, 6.45) is 0.762. The predicted molar refractivity (Wildman–Crippen MR) is 164 cm³/mol. The molecule has 5 aromatic carbocycles. The van der Waals surface area contributed by atoms with Crippen LogP contribution in [0.3, 0.4) is 0 Å². The van der Waals surface area contributed by atoms with Crippen LogP contribution in [-0.2, 0) is 13.2 Å². The van der Waals surface area contributed by atoms with E-state index in [9.17, 15) is 0 Å². The van der Waals surface area contributed by atoms with Crippen LogP contribution >= 0.6 is 0 Å². The van der Waals surface area contributed by atoms with Crippen LogP contribution in [0.4, 0.5) is 5.69 Å². The number of hydrogen-bond donors (Lipinski definition) is 0. The fourth-order valence-corrected chi connectivity index (χ4v) is 4.98. The maximum absolute atomic E-state index is 6.40. The fraction of sp³-hybridized carbons (Fsp3) is 0.139. The zero-order valence-electron chi connectivity index (χ0n) is 23.0. The highest BCUT2D eigenvalue weighted by atomic mass is 16.5. The topological polar surface area (TPSA) is 43.3 Å². The van der Waals surface area contributed by atoms with E-state index in [1.54, 1.807) is 7.11 Å². The van der Waals surface area contributed by atoms with E-state index >= 15 is 0 Å². The molecule has 1 unspecified atom stereocenters. The Morgan fingerprint density at radius 3 is 1.85 bits per heavy atom. The minimum absolute atomic E-state index is 0.0131. The largest absolute Gasteiger partial charge is 0.497 e. The fourth-order valence-electron chi connectivity index (χ4n) is 4.98. The Balaban J connectivity index is 1.33. The highest BCUT2D eigenvalue weighted by molar-refractivity contribution is 6.03. The third-order valence-corrected chi connectivity index (χ3v) is 7.18. The normalized spacial score (nSPS) is 14.4. The smallest absolute Gasteiger partial charge is 0.162 e. The molecule has 1 aliphatic rings. The number of benzene rings is 5. The number of rotatable bonds is 10. The van der Waals surface area contributed by atoms with Crippen molar-refractivity contribution in [2.45, 2.75) is 25.7 Å². The molecule has 5 nitrogen and oxygen atoms in total. The van der Waals surface area contributed by atoms with Gasteiger partial charge in [0.05, 0.1) is 24.6 Å². The monoisotopic (exact) mass is 540 g/mol. The number of hydrogen-bond acceptors (Lipinski definition) is 5. The van der Waals surface area contributed by atoms with Crippen molar-refractivity contribution in [2.24, 2.45) is 5.10 Å². The van der Waals surface area contributed by atoms with Crippen molar-refractivity contribution in [1.82, 2.24) is 0 Å². The molecule has 1 atom stereocenters. The van der Waals surface area contributed by atoms with E-state index in [2.05, 4.69) is 65.7 Å². The number of methoxy groups -OCH3 is 1. The lowest BCUT2D eigenvalue weighted by Gasteiger charge is -2.25. The Morgan fingerprint density at radius 2 is 1.24 bits per heavy atom. The van der Waals surface area contributed by atoms with Gasteiger partial charge in [-0.3, -0.25) is 5.01 Å². The van der Waals surface area contributed by atoms with Crippen LogP contribution in [0, 0.1) is 0 Å². The number of hydrazone groups is 1. The van der Waals surface area contributed by atoms with Crippen LogP contribution in [0.15, 0.2) is 139 Å². The summed E-state index contributed by atoms with van der Waals surface area (Å²) in [4.78, 5) is 0. The van der Waals surface area contributed by atoms with Gasteiger partial charge < -0.3 is 14.2 Å². The van der Waals surface area contributed by atoms with Crippen LogP contribution in [0.25, 0.3) is 0 Å². The molecule has 41 heavy (non-hydrogen) atoms. The molecule has 0 bridgehead atoms. The minimum Gasteiger partial charge on any atom is -0.497 e. The summed E-state index contributed by atoms with van der Waals surface area (Å²) in [6, 6.07) is 45.0. The average molecular weight is 541 g/mol. The van der Waals surface area contributed by atoms with Crippen molar-refractivity contribution in [2.75, 3.05) is 12.1 Å². The molecule has 0 N–H and O–H groups in total. The van der Waals surface area contributed by atoms with Crippen LogP contribution in [0.1, 0.15) is 34.7 Å². The van der Waals surface area contributed by atoms with E-state index in [4.69, 9.17) is 19.3 Å². The van der Waals surface area contributed by atoms with Crippen LogP contribution in [0.2, 0.25) is 0 Å². The molecule has 0 saturated heterocycles. The molecule has 1 aliphatic heterocycles. The molecule has 0 radical (unpaired) electrons. The molecule has 5 aromatic rings. The molecule has 6 rings (SSSR count). The third kappa shape index (κ3) is 6.25. The van der Waals surface area contributed by atoms with Crippen molar-refractivity contribution in [3.05, 3.63) is 156 Å². The predicted octanol–water partition coefficient (Wildman–Crippen LogP) is 8.21. The summed E-state index contributed by atoms with van der Waals surface area (Å²) in [5.41, 5.74) is 6.47. The van der Waals surface area contributed by atoms with Gasteiger partial charge in [-0.1, -0.05) is 97.1 Å². The summed E-state index contributed by atoms with van der Waals surface area (Å²) >= 11 is 0. The first-order chi connectivity index (χ1) is 20.3. The molecular weight excluding hydrogens is 508 g/mol. The van der Waals surface area contributed by atoms with Crippen molar-refractivity contribution < 1.29 is 14.2 Å². The molecule has 0 fully saturated rings. The van der Waals surface area contributed by atoms with Crippen molar-refractivity contribution in [3.8, 4) is 17.2 Å². The van der Waals surface area contributed by atoms with Crippen LogP contribution in [-0.4, -0.2) is 12.8 Å². The van der Waals surface area contributed by atoms with Crippen LogP contribution in [0.5, 0.6) is 17.2 Å². The van der Waals surface area contributed by atoms with E-state index in [0.29, 0.717) is 24.7 Å². The van der Waals surface area contributed by atoms with E-state index in [-0.39, 0.29) is 6.04 Å². The number of ether oxygens (including phenoxy) is 3. The van der Waals surface area contributed by atoms with Gasteiger partial charge in [0, 0.05) is 6.42 Å². The molecule has 1 heterocycles. The molecule has 0 saturated carbocycles. The second-order valence-corrected chi connectivity index (χ2v) is 9.93. The number of nitrogens with zero attached hydrogens (tertiary/aromatic N) is 2. The molecule has 0 aromatic heterocycles. The first-order valence-corrected chi connectivity index (χ1v) is 13.8. The lowest BCUT2D eigenvalue weighted by atomic mass is 9.97. The van der Waals surface area contributed by atoms with Gasteiger partial charge >= 0.3 is 0 Å².